The highest BCUT2D eigenvalue weighted by molar-refractivity contribution is 5.69. The number of hydrogen-bond acceptors (Lipinski definition) is 3. The number of carbonyl (C=O) groups excluding carboxylic acids is 1. The quantitative estimate of drug-likeness (QED) is 0.171. The summed E-state index contributed by atoms with van der Waals surface area (Å²) in [5.41, 5.74) is 0. The van der Waals surface area contributed by atoms with E-state index in [1.54, 1.807) is 0 Å². The predicted octanol–water partition coefficient (Wildman–Crippen LogP) is 6.18. The van der Waals surface area contributed by atoms with Gasteiger partial charge in [0.25, 0.3) is 0 Å². The van der Waals surface area contributed by atoms with Crippen LogP contribution < -0.4 is 5.32 Å². The van der Waals surface area contributed by atoms with E-state index in [0.717, 1.165) is 25.8 Å². The van der Waals surface area contributed by atoms with Gasteiger partial charge in [0.05, 0.1) is 6.61 Å². The first-order valence-electron chi connectivity index (χ1n) is 10.8. The molecule has 0 fully saturated rings. The standard InChI is InChI=1S/C22H43NO2/c1-3-4-5-6-7-8-9-10-11-12-13-14-15-16-17-19-22(24)25-21-18-20-23-2/h10-11,23H,3-9,12-21H2,1-2H3/b11-10-. The van der Waals surface area contributed by atoms with Crippen molar-refractivity contribution in [2.75, 3.05) is 20.2 Å². The first kappa shape index (κ1) is 24.2. The first-order valence-corrected chi connectivity index (χ1v) is 10.8. The van der Waals surface area contributed by atoms with Gasteiger partial charge in [-0.05, 0) is 52.1 Å². The number of allylic oxidation sites excluding steroid dienone is 2. The number of rotatable bonds is 19. The molecule has 3 heteroatoms. The Bertz CT molecular complexity index is 302. The van der Waals surface area contributed by atoms with Gasteiger partial charge in [0.1, 0.15) is 0 Å². The highest BCUT2D eigenvalue weighted by Gasteiger charge is 2.01. The molecule has 0 aliphatic carbocycles. The van der Waals surface area contributed by atoms with Gasteiger partial charge in [0.2, 0.25) is 0 Å². The summed E-state index contributed by atoms with van der Waals surface area (Å²) in [7, 11) is 1.91. The molecule has 0 aliphatic rings. The van der Waals surface area contributed by atoms with Gasteiger partial charge in [-0.2, -0.15) is 0 Å². The van der Waals surface area contributed by atoms with Crippen LogP contribution in [0.2, 0.25) is 0 Å². The third-order valence-corrected chi connectivity index (χ3v) is 4.48. The number of ether oxygens (including phenoxy) is 1. The van der Waals surface area contributed by atoms with E-state index in [-0.39, 0.29) is 5.97 Å². The number of unbranched alkanes of at least 4 members (excludes halogenated alkanes) is 11. The summed E-state index contributed by atoms with van der Waals surface area (Å²) >= 11 is 0. The van der Waals surface area contributed by atoms with Crippen LogP contribution in [-0.4, -0.2) is 26.2 Å². The van der Waals surface area contributed by atoms with Crippen LogP contribution in [0.4, 0.5) is 0 Å². The van der Waals surface area contributed by atoms with Crippen LogP contribution in [0.3, 0.4) is 0 Å². The normalized spacial score (nSPS) is 11.3. The fourth-order valence-corrected chi connectivity index (χ4v) is 2.85. The van der Waals surface area contributed by atoms with Gasteiger partial charge in [0, 0.05) is 6.42 Å². The van der Waals surface area contributed by atoms with Crippen LogP contribution in [0, 0.1) is 0 Å². The average Bonchev–Trinajstić information content (AvgIpc) is 2.62. The lowest BCUT2D eigenvalue weighted by molar-refractivity contribution is -0.143. The van der Waals surface area contributed by atoms with Crippen molar-refractivity contribution in [1.29, 1.82) is 0 Å². The third kappa shape index (κ3) is 21.1. The molecule has 3 nitrogen and oxygen atoms in total. The zero-order valence-corrected chi connectivity index (χ0v) is 17.0. The molecular formula is C22H43NO2. The predicted molar refractivity (Wildman–Crippen MR) is 109 cm³/mol. The molecule has 0 rings (SSSR count). The molecule has 1 N–H and O–H groups in total. The van der Waals surface area contributed by atoms with Crippen LogP contribution >= 0.6 is 0 Å². The Labute approximate surface area is 157 Å². The maximum absolute atomic E-state index is 11.5. The van der Waals surface area contributed by atoms with Gasteiger partial charge in [-0.25, -0.2) is 0 Å². The molecule has 0 radical (unpaired) electrons. The van der Waals surface area contributed by atoms with Gasteiger partial charge >= 0.3 is 5.97 Å². The van der Waals surface area contributed by atoms with Crippen molar-refractivity contribution < 1.29 is 9.53 Å². The number of esters is 1. The van der Waals surface area contributed by atoms with Gasteiger partial charge < -0.3 is 10.1 Å². The van der Waals surface area contributed by atoms with E-state index >= 15 is 0 Å². The largest absolute Gasteiger partial charge is 0.466 e. The van der Waals surface area contributed by atoms with Gasteiger partial charge in [-0.1, -0.05) is 70.4 Å². The van der Waals surface area contributed by atoms with E-state index in [2.05, 4.69) is 24.4 Å². The van der Waals surface area contributed by atoms with Crippen molar-refractivity contribution in [2.45, 2.75) is 103 Å². The highest BCUT2D eigenvalue weighted by Crippen LogP contribution is 2.10. The second-order valence-electron chi connectivity index (χ2n) is 7.01. The Balaban J connectivity index is 3.17. The minimum Gasteiger partial charge on any atom is -0.466 e. The molecule has 25 heavy (non-hydrogen) atoms. The monoisotopic (exact) mass is 353 g/mol. The molecular weight excluding hydrogens is 310 g/mol. The molecule has 0 aliphatic heterocycles. The van der Waals surface area contributed by atoms with Crippen molar-refractivity contribution >= 4 is 5.97 Å². The number of carbonyl (C=O) groups is 1. The van der Waals surface area contributed by atoms with Gasteiger partial charge in [0.15, 0.2) is 0 Å². The summed E-state index contributed by atoms with van der Waals surface area (Å²) in [5.74, 6) is -0.0336. The van der Waals surface area contributed by atoms with Crippen LogP contribution in [0.5, 0.6) is 0 Å². The Hall–Kier alpha value is -0.830. The molecule has 0 amide bonds. The molecule has 0 aromatic heterocycles. The SMILES string of the molecule is CCCCCCCC/C=C\CCCCCCCC(=O)OCCCNC. The summed E-state index contributed by atoms with van der Waals surface area (Å²) in [6.07, 6.45) is 22.9. The molecule has 0 atom stereocenters. The zero-order valence-electron chi connectivity index (χ0n) is 17.0. The lowest BCUT2D eigenvalue weighted by Crippen LogP contribution is -2.12. The lowest BCUT2D eigenvalue weighted by Gasteiger charge is -2.04. The molecule has 0 aromatic carbocycles. The van der Waals surface area contributed by atoms with Crippen molar-refractivity contribution in [3.63, 3.8) is 0 Å². The summed E-state index contributed by atoms with van der Waals surface area (Å²) in [5, 5.41) is 3.05. The van der Waals surface area contributed by atoms with Crippen LogP contribution in [-0.2, 0) is 9.53 Å². The Kier molecular flexibility index (Phi) is 20.5. The van der Waals surface area contributed by atoms with Crippen LogP contribution in [0.15, 0.2) is 12.2 Å². The maximum atomic E-state index is 11.5. The van der Waals surface area contributed by atoms with Crippen molar-refractivity contribution in [1.82, 2.24) is 5.32 Å². The van der Waals surface area contributed by atoms with Crippen molar-refractivity contribution in [3.8, 4) is 0 Å². The van der Waals surface area contributed by atoms with Crippen LogP contribution in [0.25, 0.3) is 0 Å². The maximum Gasteiger partial charge on any atom is 0.305 e. The van der Waals surface area contributed by atoms with E-state index in [1.807, 2.05) is 7.05 Å². The topological polar surface area (TPSA) is 38.3 Å². The Morgan fingerprint density at radius 1 is 0.800 bits per heavy atom. The Morgan fingerprint density at radius 2 is 1.36 bits per heavy atom. The molecule has 148 valence electrons. The second-order valence-corrected chi connectivity index (χ2v) is 7.01. The van der Waals surface area contributed by atoms with E-state index < -0.39 is 0 Å². The van der Waals surface area contributed by atoms with E-state index in [1.165, 1.54) is 70.6 Å². The van der Waals surface area contributed by atoms with Gasteiger partial charge in [-0.15, -0.1) is 0 Å². The van der Waals surface area contributed by atoms with Crippen molar-refractivity contribution in [3.05, 3.63) is 12.2 Å². The second kappa shape index (κ2) is 21.2. The van der Waals surface area contributed by atoms with E-state index in [0.29, 0.717) is 13.0 Å². The zero-order chi connectivity index (χ0) is 18.4. The lowest BCUT2D eigenvalue weighted by atomic mass is 10.1. The number of hydrogen-bond donors (Lipinski definition) is 1. The summed E-state index contributed by atoms with van der Waals surface area (Å²) in [6, 6.07) is 0. The minimum absolute atomic E-state index is 0.0336. The van der Waals surface area contributed by atoms with Crippen LogP contribution in [0.1, 0.15) is 103 Å². The molecule has 0 aromatic rings. The summed E-state index contributed by atoms with van der Waals surface area (Å²) in [4.78, 5) is 11.5. The summed E-state index contributed by atoms with van der Waals surface area (Å²) in [6.45, 7) is 3.72. The molecule has 0 heterocycles. The van der Waals surface area contributed by atoms with Crippen molar-refractivity contribution in [2.24, 2.45) is 0 Å². The van der Waals surface area contributed by atoms with Gasteiger partial charge in [-0.3, -0.25) is 4.79 Å². The molecule has 0 bridgehead atoms. The van der Waals surface area contributed by atoms with E-state index in [4.69, 9.17) is 4.74 Å². The highest BCUT2D eigenvalue weighted by atomic mass is 16.5. The fraction of sp³-hybridized carbons (Fsp3) is 0.864. The molecule has 0 saturated carbocycles. The average molecular weight is 354 g/mol. The molecule has 0 unspecified atom stereocenters. The third-order valence-electron chi connectivity index (χ3n) is 4.48. The summed E-state index contributed by atoms with van der Waals surface area (Å²) < 4.78 is 5.18. The smallest absolute Gasteiger partial charge is 0.305 e. The molecule has 0 saturated heterocycles. The number of nitrogens with one attached hydrogen (secondary N) is 1. The fourth-order valence-electron chi connectivity index (χ4n) is 2.85. The first-order chi connectivity index (χ1) is 12.3. The van der Waals surface area contributed by atoms with E-state index in [9.17, 15) is 4.79 Å². The molecule has 0 spiro atoms. The Morgan fingerprint density at radius 3 is 1.96 bits per heavy atom. The minimum atomic E-state index is -0.0336.